The lowest BCUT2D eigenvalue weighted by Gasteiger charge is -2.07. The summed E-state index contributed by atoms with van der Waals surface area (Å²) in [4.78, 5) is 9.45. The maximum atomic E-state index is 6.13. The van der Waals surface area contributed by atoms with Gasteiger partial charge in [0, 0.05) is 29.8 Å². The van der Waals surface area contributed by atoms with Crippen molar-refractivity contribution >= 4 is 45.7 Å². The van der Waals surface area contributed by atoms with Gasteiger partial charge in [-0.2, -0.15) is 0 Å². The molecular formula is C21H20ClN3O2S2. The van der Waals surface area contributed by atoms with Gasteiger partial charge in [-0.15, -0.1) is 11.3 Å². The molecule has 0 amide bonds. The molecule has 4 aromatic rings. The molecule has 2 heterocycles. The van der Waals surface area contributed by atoms with Crippen molar-refractivity contribution in [3.05, 3.63) is 69.6 Å². The zero-order valence-electron chi connectivity index (χ0n) is 15.9. The average Bonchev–Trinajstić information content (AvgIpc) is 3.33. The summed E-state index contributed by atoms with van der Waals surface area (Å²) in [5, 5.41) is 4.67. The predicted molar refractivity (Wildman–Crippen MR) is 119 cm³/mol. The van der Waals surface area contributed by atoms with Crippen LogP contribution in [0.2, 0.25) is 5.02 Å². The van der Waals surface area contributed by atoms with E-state index in [1.54, 1.807) is 30.2 Å². The molecule has 0 saturated carbocycles. The minimum atomic E-state index is 0.476. The van der Waals surface area contributed by atoms with E-state index in [0.717, 1.165) is 44.9 Å². The Labute approximate surface area is 182 Å². The predicted octanol–water partition coefficient (Wildman–Crippen LogP) is 5.66. The highest BCUT2D eigenvalue weighted by atomic mass is 35.5. The Morgan fingerprint density at radius 3 is 2.83 bits per heavy atom. The number of hydrogen-bond donors (Lipinski definition) is 0. The van der Waals surface area contributed by atoms with Crippen molar-refractivity contribution in [1.82, 2.24) is 14.5 Å². The van der Waals surface area contributed by atoms with Crippen LogP contribution in [0.1, 0.15) is 10.7 Å². The Kier molecular flexibility index (Phi) is 6.71. The van der Waals surface area contributed by atoms with Crippen LogP contribution >= 0.6 is 34.7 Å². The third-order valence-corrected chi connectivity index (χ3v) is 6.36. The lowest BCUT2D eigenvalue weighted by molar-refractivity contribution is 0.186. The number of thioether (sulfide) groups is 1. The van der Waals surface area contributed by atoms with Gasteiger partial charge >= 0.3 is 0 Å². The molecule has 8 heteroatoms. The van der Waals surface area contributed by atoms with Crippen molar-refractivity contribution in [3.63, 3.8) is 0 Å². The van der Waals surface area contributed by atoms with Crippen LogP contribution in [0.4, 0.5) is 0 Å². The number of aromatic nitrogens is 3. The van der Waals surface area contributed by atoms with Crippen molar-refractivity contribution in [1.29, 1.82) is 0 Å². The lowest BCUT2D eigenvalue weighted by atomic mass is 10.3. The lowest BCUT2D eigenvalue weighted by Crippen LogP contribution is -2.05. The van der Waals surface area contributed by atoms with Crippen LogP contribution in [0.25, 0.3) is 11.0 Å². The SMILES string of the molecule is COCCn1c(SCc2csc(COc3ccccc3)n2)nc2cc(Cl)ccc21. The van der Waals surface area contributed by atoms with Crippen molar-refractivity contribution in [2.24, 2.45) is 0 Å². The summed E-state index contributed by atoms with van der Waals surface area (Å²) < 4.78 is 13.2. The molecule has 0 unspecified atom stereocenters. The van der Waals surface area contributed by atoms with Crippen LogP contribution in [0, 0.1) is 0 Å². The van der Waals surface area contributed by atoms with Crippen molar-refractivity contribution in [2.45, 2.75) is 24.1 Å². The normalized spacial score (nSPS) is 11.2. The van der Waals surface area contributed by atoms with E-state index in [1.807, 2.05) is 48.5 Å². The molecule has 0 N–H and O–H groups in total. The number of nitrogens with zero attached hydrogens (tertiary/aromatic N) is 3. The Hall–Kier alpha value is -2.06. The number of rotatable bonds is 9. The third-order valence-electron chi connectivity index (χ3n) is 4.25. The summed E-state index contributed by atoms with van der Waals surface area (Å²) in [5.41, 5.74) is 2.98. The topological polar surface area (TPSA) is 49.2 Å². The molecule has 150 valence electrons. The van der Waals surface area contributed by atoms with Gasteiger partial charge in [-0.25, -0.2) is 9.97 Å². The van der Waals surface area contributed by atoms with Gasteiger partial charge in [0.2, 0.25) is 0 Å². The molecule has 0 aliphatic carbocycles. The van der Waals surface area contributed by atoms with Gasteiger partial charge in [0.1, 0.15) is 17.4 Å². The Morgan fingerprint density at radius 1 is 1.14 bits per heavy atom. The average molecular weight is 446 g/mol. The smallest absolute Gasteiger partial charge is 0.169 e. The Morgan fingerprint density at radius 2 is 2.00 bits per heavy atom. The van der Waals surface area contributed by atoms with Gasteiger partial charge in [-0.1, -0.05) is 41.6 Å². The minimum Gasteiger partial charge on any atom is -0.486 e. The second-order valence-electron chi connectivity index (χ2n) is 6.29. The van der Waals surface area contributed by atoms with E-state index in [0.29, 0.717) is 18.2 Å². The van der Waals surface area contributed by atoms with E-state index in [4.69, 9.17) is 31.0 Å². The maximum Gasteiger partial charge on any atom is 0.169 e. The van der Waals surface area contributed by atoms with Gasteiger partial charge < -0.3 is 14.0 Å². The number of para-hydroxylation sites is 1. The number of imidazole rings is 1. The number of hydrogen-bond acceptors (Lipinski definition) is 6. The summed E-state index contributed by atoms with van der Waals surface area (Å²) in [6, 6.07) is 15.6. The first-order chi connectivity index (χ1) is 14.2. The molecule has 2 aromatic carbocycles. The van der Waals surface area contributed by atoms with E-state index in [-0.39, 0.29) is 0 Å². The van der Waals surface area contributed by atoms with Crippen LogP contribution in [0.15, 0.2) is 59.1 Å². The first-order valence-corrected chi connectivity index (χ1v) is 11.4. The van der Waals surface area contributed by atoms with Gasteiger partial charge in [0.25, 0.3) is 0 Å². The minimum absolute atomic E-state index is 0.476. The summed E-state index contributed by atoms with van der Waals surface area (Å²) in [6.45, 7) is 1.84. The second-order valence-corrected chi connectivity index (χ2v) is 8.62. The molecule has 2 aromatic heterocycles. The number of benzene rings is 2. The molecule has 0 radical (unpaired) electrons. The highest BCUT2D eigenvalue weighted by Crippen LogP contribution is 2.29. The molecule has 0 aliphatic heterocycles. The van der Waals surface area contributed by atoms with E-state index in [9.17, 15) is 0 Å². The second kappa shape index (κ2) is 9.63. The standard InChI is InChI=1S/C21H20ClN3O2S2/c1-26-10-9-25-19-8-7-15(22)11-18(19)24-21(25)29-14-16-13-28-20(23-16)12-27-17-5-3-2-4-6-17/h2-8,11,13H,9-10,12,14H2,1H3. The zero-order valence-corrected chi connectivity index (χ0v) is 18.3. The fourth-order valence-electron chi connectivity index (χ4n) is 2.87. The van der Waals surface area contributed by atoms with E-state index in [1.165, 1.54) is 0 Å². The summed E-state index contributed by atoms with van der Waals surface area (Å²) >= 11 is 9.41. The molecule has 0 fully saturated rings. The van der Waals surface area contributed by atoms with Crippen LogP contribution in [0.5, 0.6) is 5.75 Å². The Balaban J connectivity index is 1.43. The van der Waals surface area contributed by atoms with Gasteiger partial charge in [0.15, 0.2) is 5.16 Å². The fraction of sp³-hybridized carbons (Fsp3) is 0.238. The molecule has 0 aliphatic rings. The molecule has 0 spiro atoms. The quantitative estimate of drug-likeness (QED) is 0.311. The Bertz CT molecular complexity index is 1080. The summed E-state index contributed by atoms with van der Waals surface area (Å²) in [7, 11) is 1.71. The first-order valence-electron chi connectivity index (χ1n) is 9.11. The van der Waals surface area contributed by atoms with Crippen LogP contribution < -0.4 is 4.74 Å². The number of fused-ring (bicyclic) bond motifs is 1. The van der Waals surface area contributed by atoms with Crippen molar-refractivity contribution in [3.8, 4) is 5.75 Å². The van der Waals surface area contributed by atoms with E-state index < -0.39 is 0 Å². The monoisotopic (exact) mass is 445 g/mol. The van der Waals surface area contributed by atoms with Gasteiger partial charge in [-0.3, -0.25) is 0 Å². The number of thiazole rings is 1. The summed E-state index contributed by atoms with van der Waals surface area (Å²) in [5.74, 6) is 1.59. The van der Waals surface area contributed by atoms with Crippen LogP contribution in [0.3, 0.4) is 0 Å². The first kappa shape index (κ1) is 20.2. The van der Waals surface area contributed by atoms with E-state index in [2.05, 4.69) is 9.95 Å². The molecule has 5 nitrogen and oxygen atoms in total. The van der Waals surface area contributed by atoms with Crippen molar-refractivity contribution < 1.29 is 9.47 Å². The molecular weight excluding hydrogens is 426 g/mol. The number of ether oxygens (including phenoxy) is 2. The molecule has 0 saturated heterocycles. The van der Waals surface area contributed by atoms with Crippen LogP contribution in [-0.4, -0.2) is 28.3 Å². The highest BCUT2D eigenvalue weighted by Gasteiger charge is 2.13. The largest absolute Gasteiger partial charge is 0.486 e. The van der Waals surface area contributed by atoms with Gasteiger partial charge in [0.05, 0.1) is 23.3 Å². The molecule has 4 rings (SSSR count). The third kappa shape index (κ3) is 5.11. The summed E-state index contributed by atoms with van der Waals surface area (Å²) in [6.07, 6.45) is 0. The number of halogens is 1. The fourth-order valence-corrected chi connectivity index (χ4v) is 4.78. The highest BCUT2D eigenvalue weighted by molar-refractivity contribution is 7.98. The van der Waals surface area contributed by atoms with Crippen LogP contribution in [-0.2, 0) is 23.6 Å². The van der Waals surface area contributed by atoms with E-state index >= 15 is 0 Å². The number of methoxy groups -OCH3 is 1. The molecule has 29 heavy (non-hydrogen) atoms. The van der Waals surface area contributed by atoms with Crippen molar-refractivity contribution in [2.75, 3.05) is 13.7 Å². The molecule has 0 atom stereocenters. The van der Waals surface area contributed by atoms with Gasteiger partial charge in [-0.05, 0) is 30.3 Å². The zero-order chi connectivity index (χ0) is 20.1. The molecule has 0 bridgehead atoms. The maximum absolute atomic E-state index is 6.13.